The Labute approximate surface area is 138 Å². The van der Waals surface area contributed by atoms with Gasteiger partial charge in [-0.15, -0.1) is 0 Å². The van der Waals surface area contributed by atoms with Gasteiger partial charge in [-0.25, -0.2) is 0 Å². The molecule has 6 heteroatoms. The highest BCUT2D eigenvalue weighted by Gasteiger charge is 2.28. The smallest absolute Gasteiger partial charge is 0.267 e. The van der Waals surface area contributed by atoms with E-state index in [0.29, 0.717) is 23.4 Å². The number of benzene rings is 2. The van der Waals surface area contributed by atoms with Gasteiger partial charge in [0.1, 0.15) is 0 Å². The molecule has 0 bridgehead atoms. The number of carbonyl (C=O) groups is 1. The molecule has 0 radical (unpaired) electrons. The van der Waals surface area contributed by atoms with E-state index in [1.807, 2.05) is 30.3 Å². The minimum Gasteiger partial charge on any atom is -0.267 e. The highest BCUT2D eigenvalue weighted by Crippen LogP contribution is 2.23. The van der Waals surface area contributed by atoms with E-state index < -0.39 is 4.92 Å². The molecule has 0 saturated heterocycles. The molecule has 1 aliphatic heterocycles. The maximum absolute atomic E-state index is 12.5. The van der Waals surface area contributed by atoms with Gasteiger partial charge in [0.15, 0.2) is 0 Å². The summed E-state index contributed by atoms with van der Waals surface area (Å²) in [6, 6.07) is 15.6. The molecular weight excluding hydrogens is 306 g/mol. The Morgan fingerprint density at radius 3 is 2.62 bits per heavy atom. The molecule has 0 saturated carbocycles. The van der Waals surface area contributed by atoms with Gasteiger partial charge in [0, 0.05) is 12.1 Å². The average Bonchev–Trinajstić information content (AvgIpc) is 2.88. The summed E-state index contributed by atoms with van der Waals surface area (Å²) in [6.07, 6.45) is 2.20. The lowest BCUT2D eigenvalue weighted by Gasteiger charge is -2.11. The van der Waals surface area contributed by atoms with Crippen LogP contribution in [0, 0.1) is 10.1 Å². The standard InChI is InChI=1S/C18H15N3O3/c1-13-17(11-10-14-6-5-9-16(12-14)21(23)24)18(22)20(19-13)15-7-3-2-4-8-15/h2-9,11-12H,10H2,1H3. The quantitative estimate of drug-likeness (QED) is 0.491. The Hall–Kier alpha value is -3.28. The maximum Gasteiger partial charge on any atom is 0.280 e. The third-order valence-electron chi connectivity index (χ3n) is 3.73. The number of nitro benzene ring substituents is 1. The van der Waals surface area contributed by atoms with Crippen molar-refractivity contribution in [2.24, 2.45) is 5.10 Å². The van der Waals surface area contributed by atoms with Crippen LogP contribution >= 0.6 is 0 Å². The molecule has 1 heterocycles. The summed E-state index contributed by atoms with van der Waals surface area (Å²) in [6.45, 7) is 1.78. The van der Waals surface area contributed by atoms with Crippen LogP contribution in [0.2, 0.25) is 0 Å². The fourth-order valence-electron chi connectivity index (χ4n) is 2.51. The fraction of sp³-hybridized carbons (Fsp3) is 0.111. The van der Waals surface area contributed by atoms with Gasteiger partial charge in [-0.3, -0.25) is 14.9 Å². The first-order valence-electron chi connectivity index (χ1n) is 7.45. The van der Waals surface area contributed by atoms with Crippen molar-refractivity contribution in [2.45, 2.75) is 13.3 Å². The number of non-ortho nitro benzene ring substituents is 1. The molecule has 0 aliphatic carbocycles. The molecule has 0 unspecified atom stereocenters. The number of carbonyl (C=O) groups excluding carboxylic acids is 1. The molecule has 2 aromatic carbocycles. The topological polar surface area (TPSA) is 75.8 Å². The molecule has 3 rings (SSSR count). The second kappa shape index (κ2) is 6.45. The molecule has 2 aromatic rings. The van der Waals surface area contributed by atoms with Crippen LogP contribution in [0.5, 0.6) is 0 Å². The molecule has 120 valence electrons. The summed E-state index contributed by atoms with van der Waals surface area (Å²) in [4.78, 5) is 22.9. The number of hydrogen-bond acceptors (Lipinski definition) is 4. The Morgan fingerprint density at radius 1 is 1.17 bits per heavy atom. The number of para-hydroxylation sites is 1. The van der Waals surface area contributed by atoms with Crippen molar-refractivity contribution < 1.29 is 9.72 Å². The second-order valence-corrected chi connectivity index (χ2v) is 5.39. The summed E-state index contributed by atoms with van der Waals surface area (Å²) in [5.41, 5.74) is 2.68. The van der Waals surface area contributed by atoms with E-state index in [1.54, 1.807) is 25.1 Å². The van der Waals surface area contributed by atoms with Crippen molar-refractivity contribution in [3.63, 3.8) is 0 Å². The molecule has 0 aromatic heterocycles. The van der Waals surface area contributed by atoms with E-state index in [2.05, 4.69) is 5.10 Å². The minimum absolute atomic E-state index is 0.0416. The van der Waals surface area contributed by atoms with E-state index in [-0.39, 0.29) is 11.6 Å². The van der Waals surface area contributed by atoms with E-state index in [1.165, 1.54) is 17.1 Å². The molecule has 0 N–H and O–H groups in total. The third-order valence-corrected chi connectivity index (χ3v) is 3.73. The first-order chi connectivity index (χ1) is 11.6. The van der Waals surface area contributed by atoms with E-state index >= 15 is 0 Å². The third kappa shape index (κ3) is 3.08. The molecule has 0 spiro atoms. The van der Waals surface area contributed by atoms with Gasteiger partial charge in [0.05, 0.1) is 21.9 Å². The first kappa shape index (κ1) is 15.6. The van der Waals surface area contributed by atoms with Crippen molar-refractivity contribution in [3.8, 4) is 0 Å². The highest BCUT2D eigenvalue weighted by atomic mass is 16.6. The average molecular weight is 321 g/mol. The summed E-state index contributed by atoms with van der Waals surface area (Å²) >= 11 is 0. The number of hydrazone groups is 1. The molecule has 0 atom stereocenters. The molecule has 1 aliphatic rings. The molecule has 6 nitrogen and oxygen atoms in total. The lowest BCUT2D eigenvalue weighted by Crippen LogP contribution is -2.21. The predicted octanol–water partition coefficient (Wildman–Crippen LogP) is 3.49. The number of rotatable bonds is 4. The Bertz CT molecular complexity index is 857. The van der Waals surface area contributed by atoms with Crippen LogP contribution in [0.3, 0.4) is 0 Å². The zero-order valence-electron chi connectivity index (χ0n) is 13.0. The number of nitrogens with zero attached hydrogens (tertiary/aromatic N) is 3. The molecule has 0 fully saturated rings. The van der Waals surface area contributed by atoms with Crippen LogP contribution in [0.25, 0.3) is 0 Å². The van der Waals surface area contributed by atoms with Crippen LogP contribution in [0.15, 0.2) is 71.3 Å². The zero-order chi connectivity index (χ0) is 17.1. The van der Waals surface area contributed by atoms with Crippen LogP contribution in [0.1, 0.15) is 12.5 Å². The fourth-order valence-corrected chi connectivity index (χ4v) is 2.51. The zero-order valence-corrected chi connectivity index (χ0v) is 13.0. The van der Waals surface area contributed by atoms with Crippen molar-refractivity contribution in [3.05, 3.63) is 81.9 Å². The molecule has 24 heavy (non-hydrogen) atoms. The number of hydrogen-bond donors (Lipinski definition) is 0. The second-order valence-electron chi connectivity index (χ2n) is 5.39. The van der Waals surface area contributed by atoms with Crippen LogP contribution in [0.4, 0.5) is 11.4 Å². The van der Waals surface area contributed by atoms with E-state index in [9.17, 15) is 14.9 Å². The monoisotopic (exact) mass is 321 g/mol. The van der Waals surface area contributed by atoms with Crippen molar-refractivity contribution >= 4 is 23.0 Å². The largest absolute Gasteiger partial charge is 0.280 e. The van der Waals surface area contributed by atoms with Crippen LogP contribution in [-0.4, -0.2) is 16.5 Å². The number of amides is 1. The number of anilines is 1. The van der Waals surface area contributed by atoms with Gasteiger partial charge >= 0.3 is 0 Å². The SMILES string of the molecule is CC1=NN(c2ccccc2)C(=O)C1=CCc1cccc([N+](=O)[O-])c1. The summed E-state index contributed by atoms with van der Waals surface area (Å²) in [7, 11) is 0. The van der Waals surface area contributed by atoms with Crippen molar-refractivity contribution in [1.82, 2.24) is 0 Å². The molecular formula is C18H15N3O3. The highest BCUT2D eigenvalue weighted by molar-refractivity contribution is 6.29. The number of nitro groups is 1. The van der Waals surface area contributed by atoms with Gasteiger partial charge in [0.2, 0.25) is 0 Å². The predicted molar refractivity (Wildman–Crippen MR) is 91.9 cm³/mol. The van der Waals surface area contributed by atoms with Gasteiger partial charge in [-0.2, -0.15) is 10.1 Å². The summed E-state index contributed by atoms with van der Waals surface area (Å²) in [5.74, 6) is -0.191. The normalized spacial score (nSPS) is 15.7. The number of allylic oxidation sites excluding steroid dienone is 1. The Balaban J connectivity index is 1.81. The van der Waals surface area contributed by atoms with Crippen molar-refractivity contribution in [2.75, 3.05) is 5.01 Å². The van der Waals surface area contributed by atoms with E-state index in [4.69, 9.17) is 0 Å². The Morgan fingerprint density at radius 2 is 1.92 bits per heavy atom. The van der Waals surface area contributed by atoms with E-state index in [0.717, 1.165) is 5.56 Å². The van der Waals surface area contributed by atoms with Crippen LogP contribution in [-0.2, 0) is 11.2 Å². The Kier molecular flexibility index (Phi) is 4.20. The van der Waals surface area contributed by atoms with Gasteiger partial charge in [0.25, 0.3) is 11.6 Å². The maximum atomic E-state index is 12.5. The van der Waals surface area contributed by atoms with Crippen LogP contribution < -0.4 is 5.01 Å². The summed E-state index contributed by atoms with van der Waals surface area (Å²) in [5, 5.41) is 16.5. The van der Waals surface area contributed by atoms with Gasteiger partial charge in [-0.05, 0) is 31.0 Å². The minimum atomic E-state index is -0.429. The lowest BCUT2D eigenvalue weighted by atomic mass is 10.1. The lowest BCUT2D eigenvalue weighted by molar-refractivity contribution is -0.384. The van der Waals surface area contributed by atoms with Crippen molar-refractivity contribution in [1.29, 1.82) is 0 Å². The van der Waals surface area contributed by atoms with Gasteiger partial charge < -0.3 is 0 Å². The first-order valence-corrected chi connectivity index (χ1v) is 7.45. The van der Waals surface area contributed by atoms with Gasteiger partial charge in [-0.1, -0.05) is 36.4 Å². The summed E-state index contributed by atoms with van der Waals surface area (Å²) < 4.78 is 0. The molecule has 1 amide bonds.